The summed E-state index contributed by atoms with van der Waals surface area (Å²) in [6, 6.07) is 17.7. The molecule has 2 aromatic rings. The van der Waals surface area contributed by atoms with Crippen LogP contribution in [0.1, 0.15) is 47.6 Å². The summed E-state index contributed by atoms with van der Waals surface area (Å²) in [7, 11) is 0. The van der Waals surface area contributed by atoms with E-state index < -0.39 is 6.04 Å². The Bertz CT molecular complexity index is 883. The van der Waals surface area contributed by atoms with E-state index in [1.54, 1.807) is 24.3 Å². The van der Waals surface area contributed by atoms with Crippen molar-refractivity contribution < 1.29 is 19.2 Å². The van der Waals surface area contributed by atoms with Crippen LogP contribution in [0.4, 0.5) is 0 Å². The van der Waals surface area contributed by atoms with Crippen LogP contribution in [0.25, 0.3) is 0 Å². The fourth-order valence-electron chi connectivity index (χ4n) is 3.36. The molecule has 7 heteroatoms. The third-order valence-corrected chi connectivity index (χ3v) is 4.97. The van der Waals surface area contributed by atoms with Gasteiger partial charge in [0.1, 0.15) is 0 Å². The van der Waals surface area contributed by atoms with Crippen LogP contribution >= 0.6 is 0 Å². The number of imide groups is 1. The van der Waals surface area contributed by atoms with Gasteiger partial charge in [-0.1, -0.05) is 48.5 Å². The lowest BCUT2D eigenvalue weighted by Crippen LogP contribution is -2.35. The Kier molecular flexibility index (Phi) is 7.32. The second-order valence-electron chi connectivity index (χ2n) is 7.15. The average molecular weight is 407 g/mol. The molecule has 1 aliphatic heterocycles. The van der Waals surface area contributed by atoms with Crippen LogP contribution in [-0.4, -0.2) is 41.6 Å². The van der Waals surface area contributed by atoms with Crippen molar-refractivity contribution in [3.8, 4) is 0 Å². The van der Waals surface area contributed by atoms with Gasteiger partial charge in [-0.05, 0) is 24.1 Å². The van der Waals surface area contributed by atoms with Gasteiger partial charge in [0.2, 0.25) is 17.7 Å². The van der Waals surface area contributed by atoms with Gasteiger partial charge in [-0.2, -0.15) is 0 Å². The van der Waals surface area contributed by atoms with E-state index in [0.717, 1.165) is 5.56 Å². The summed E-state index contributed by atoms with van der Waals surface area (Å²) in [6.45, 7) is 0.662. The van der Waals surface area contributed by atoms with Crippen LogP contribution in [0.15, 0.2) is 60.7 Å². The van der Waals surface area contributed by atoms with Gasteiger partial charge in [-0.3, -0.25) is 24.1 Å². The predicted octanol–water partition coefficient (Wildman–Crippen LogP) is 2.20. The number of nitrogens with one attached hydrogen (secondary N) is 2. The number of benzene rings is 2. The number of likely N-dealkylation sites (tertiary alicyclic amines) is 1. The summed E-state index contributed by atoms with van der Waals surface area (Å²) in [4.78, 5) is 49.5. The lowest BCUT2D eigenvalue weighted by molar-refractivity contribution is -0.138. The topological polar surface area (TPSA) is 95.6 Å². The Balaban J connectivity index is 1.53. The van der Waals surface area contributed by atoms with Crippen molar-refractivity contribution in [2.24, 2.45) is 0 Å². The fraction of sp³-hybridized carbons (Fsp3) is 0.304. The van der Waals surface area contributed by atoms with Crippen molar-refractivity contribution in [3.05, 3.63) is 71.8 Å². The third-order valence-electron chi connectivity index (χ3n) is 4.97. The Morgan fingerprint density at radius 2 is 1.50 bits per heavy atom. The number of carbonyl (C=O) groups excluding carboxylic acids is 4. The number of rotatable bonds is 9. The maximum atomic E-state index is 12.6. The molecule has 1 fully saturated rings. The monoisotopic (exact) mass is 407 g/mol. The van der Waals surface area contributed by atoms with E-state index in [9.17, 15) is 19.2 Å². The van der Waals surface area contributed by atoms with E-state index in [0.29, 0.717) is 25.1 Å². The van der Waals surface area contributed by atoms with Gasteiger partial charge in [0, 0.05) is 31.5 Å². The Morgan fingerprint density at radius 1 is 0.900 bits per heavy atom. The zero-order chi connectivity index (χ0) is 21.3. The molecule has 0 saturated carbocycles. The number of carbonyl (C=O) groups is 4. The molecule has 4 amide bonds. The standard InChI is InChI=1S/C23H25N3O4/c27-20(24-14-7-15-26-21(28)12-13-22(26)29)16-19(17-8-3-1-4-9-17)25-23(30)18-10-5-2-6-11-18/h1-6,8-11,19H,7,12-16H2,(H,24,27)(H,25,30). The molecule has 2 aromatic carbocycles. The maximum absolute atomic E-state index is 12.6. The lowest BCUT2D eigenvalue weighted by Gasteiger charge is -2.19. The van der Waals surface area contributed by atoms with E-state index in [4.69, 9.17) is 0 Å². The molecule has 0 aromatic heterocycles. The minimum Gasteiger partial charge on any atom is -0.356 e. The molecule has 2 N–H and O–H groups in total. The number of nitrogens with zero attached hydrogens (tertiary/aromatic N) is 1. The SMILES string of the molecule is O=C(CC(NC(=O)c1ccccc1)c1ccccc1)NCCCN1C(=O)CCC1=O. The summed E-state index contributed by atoms with van der Waals surface area (Å²) in [5.41, 5.74) is 1.36. The molecule has 0 spiro atoms. The Morgan fingerprint density at radius 3 is 2.13 bits per heavy atom. The lowest BCUT2D eigenvalue weighted by atomic mass is 10.0. The third kappa shape index (κ3) is 5.76. The largest absolute Gasteiger partial charge is 0.356 e. The summed E-state index contributed by atoms with van der Waals surface area (Å²) in [5, 5.41) is 5.74. The van der Waals surface area contributed by atoms with Crippen molar-refractivity contribution in [2.45, 2.75) is 31.7 Å². The first-order valence-corrected chi connectivity index (χ1v) is 10.1. The maximum Gasteiger partial charge on any atom is 0.251 e. The van der Waals surface area contributed by atoms with E-state index in [1.807, 2.05) is 36.4 Å². The minimum absolute atomic E-state index is 0.0875. The molecular weight excluding hydrogens is 382 g/mol. The molecule has 1 atom stereocenters. The average Bonchev–Trinajstić information content (AvgIpc) is 3.09. The van der Waals surface area contributed by atoms with Gasteiger partial charge in [0.05, 0.1) is 12.5 Å². The van der Waals surface area contributed by atoms with Gasteiger partial charge in [-0.15, -0.1) is 0 Å². The quantitative estimate of drug-likeness (QED) is 0.492. The van der Waals surface area contributed by atoms with Gasteiger partial charge in [0.15, 0.2) is 0 Å². The molecule has 0 bridgehead atoms. The molecule has 1 heterocycles. The molecule has 1 saturated heterocycles. The molecule has 1 aliphatic rings. The van der Waals surface area contributed by atoms with Crippen LogP contribution in [0.2, 0.25) is 0 Å². The summed E-state index contributed by atoms with van der Waals surface area (Å²) < 4.78 is 0. The highest BCUT2D eigenvalue weighted by atomic mass is 16.2. The van der Waals surface area contributed by atoms with Crippen molar-refractivity contribution in [3.63, 3.8) is 0 Å². The highest BCUT2D eigenvalue weighted by Gasteiger charge is 2.28. The van der Waals surface area contributed by atoms with E-state index >= 15 is 0 Å². The van der Waals surface area contributed by atoms with Crippen molar-refractivity contribution in [1.82, 2.24) is 15.5 Å². The molecule has 0 radical (unpaired) electrons. The molecular formula is C23H25N3O4. The van der Waals surface area contributed by atoms with Gasteiger partial charge in [0.25, 0.3) is 5.91 Å². The normalized spacial score (nSPS) is 14.5. The summed E-state index contributed by atoms with van der Waals surface area (Å²) in [5.74, 6) is -0.766. The van der Waals surface area contributed by atoms with E-state index in [1.165, 1.54) is 4.90 Å². The molecule has 1 unspecified atom stereocenters. The molecule has 156 valence electrons. The first-order chi connectivity index (χ1) is 14.5. The fourth-order valence-corrected chi connectivity index (χ4v) is 3.36. The van der Waals surface area contributed by atoms with Crippen molar-refractivity contribution in [1.29, 1.82) is 0 Å². The molecule has 3 rings (SSSR count). The number of hydrogen-bond donors (Lipinski definition) is 2. The van der Waals surface area contributed by atoms with E-state index in [2.05, 4.69) is 10.6 Å². The van der Waals surface area contributed by atoms with Gasteiger partial charge >= 0.3 is 0 Å². The highest BCUT2D eigenvalue weighted by Crippen LogP contribution is 2.17. The first-order valence-electron chi connectivity index (χ1n) is 10.1. The van der Waals surface area contributed by atoms with E-state index in [-0.39, 0.29) is 42.9 Å². The highest BCUT2D eigenvalue weighted by molar-refractivity contribution is 6.01. The minimum atomic E-state index is -0.472. The van der Waals surface area contributed by atoms with Crippen molar-refractivity contribution in [2.75, 3.05) is 13.1 Å². The van der Waals surface area contributed by atoms with Crippen LogP contribution in [0.3, 0.4) is 0 Å². The van der Waals surface area contributed by atoms with Crippen LogP contribution < -0.4 is 10.6 Å². The Hall–Kier alpha value is -3.48. The van der Waals surface area contributed by atoms with Crippen molar-refractivity contribution >= 4 is 23.6 Å². The Labute approximate surface area is 175 Å². The predicted molar refractivity (Wildman–Crippen MR) is 111 cm³/mol. The second-order valence-corrected chi connectivity index (χ2v) is 7.15. The van der Waals surface area contributed by atoms with Crippen LogP contribution in [0.5, 0.6) is 0 Å². The second kappa shape index (κ2) is 10.3. The van der Waals surface area contributed by atoms with Gasteiger partial charge in [-0.25, -0.2) is 0 Å². The van der Waals surface area contributed by atoms with Crippen LogP contribution in [0, 0.1) is 0 Å². The zero-order valence-electron chi connectivity index (χ0n) is 16.7. The summed E-state index contributed by atoms with van der Waals surface area (Å²) >= 11 is 0. The smallest absolute Gasteiger partial charge is 0.251 e. The molecule has 0 aliphatic carbocycles. The van der Waals surface area contributed by atoms with Gasteiger partial charge < -0.3 is 10.6 Å². The molecule has 30 heavy (non-hydrogen) atoms. The molecule has 7 nitrogen and oxygen atoms in total. The van der Waals surface area contributed by atoms with Crippen LogP contribution in [-0.2, 0) is 14.4 Å². The zero-order valence-corrected chi connectivity index (χ0v) is 16.7. The first kappa shape index (κ1) is 21.2. The number of amides is 4. The summed E-state index contributed by atoms with van der Waals surface area (Å²) in [6.07, 6.45) is 1.12. The number of hydrogen-bond acceptors (Lipinski definition) is 4.